The molecule has 0 spiro atoms. The number of likely N-dealkylation sites (tertiary alicyclic amines) is 1. The van der Waals surface area contributed by atoms with Crippen molar-refractivity contribution in [3.63, 3.8) is 0 Å². The van der Waals surface area contributed by atoms with Gasteiger partial charge in [-0.3, -0.25) is 4.79 Å². The van der Waals surface area contributed by atoms with Crippen molar-refractivity contribution < 1.29 is 13.9 Å². The van der Waals surface area contributed by atoms with E-state index < -0.39 is 0 Å². The lowest BCUT2D eigenvalue weighted by atomic mass is 10.1. The van der Waals surface area contributed by atoms with Gasteiger partial charge in [-0.25, -0.2) is 4.39 Å². The van der Waals surface area contributed by atoms with Gasteiger partial charge in [0.05, 0.1) is 11.5 Å². The van der Waals surface area contributed by atoms with Crippen LogP contribution in [-0.2, 0) is 4.74 Å². The summed E-state index contributed by atoms with van der Waals surface area (Å²) in [4.78, 5) is 16.5. The summed E-state index contributed by atoms with van der Waals surface area (Å²) in [6.07, 6.45) is 1.00. The zero-order valence-electron chi connectivity index (χ0n) is 14.0. The zero-order valence-corrected chi connectivity index (χ0v) is 14.9. The Hall–Kier alpha value is -1.72. The molecule has 0 unspecified atom stereocenters. The Kier molecular flexibility index (Phi) is 5.31. The lowest BCUT2D eigenvalue weighted by Crippen LogP contribution is -2.28. The largest absolute Gasteiger partial charge is 0.381 e. The summed E-state index contributed by atoms with van der Waals surface area (Å²) in [5, 5.41) is 0. The molecule has 0 bridgehead atoms. The molecule has 1 aromatic heterocycles. The number of carbonyl (C=O) groups is 1. The molecule has 0 aliphatic carbocycles. The number of amides is 1. The Morgan fingerprint density at radius 2 is 2.12 bits per heavy atom. The highest BCUT2D eigenvalue weighted by molar-refractivity contribution is 7.14. The number of aryl methyl sites for hydroxylation is 1. The average Bonchev–Trinajstić information content (AvgIpc) is 3.20. The van der Waals surface area contributed by atoms with E-state index in [1.165, 1.54) is 23.5 Å². The van der Waals surface area contributed by atoms with E-state index in [0.717, 1.165) is 53.6 Å². The third kappa shape index (κ3) is 3.68. The number of ether oxygens (including phenoxy) is 1. The van der Waals surface area contributed by atoms with E-state index in [-0.39, 0.29) is 11.7 Å². The molecule has 0 radical (unpaired) electrons. The molecule has 1 atom stereocenters. The molecule has 1 aliphatic heterocycles. The van der Waals surface area contributed by atoms with Crippen LogP contribution < -0.4 is 0 Å². The van der Waals surface area contributed by atoms with Crippen LogP contribution in [0.3, 0.4) is 0 Å². The summed E-state index contributed by atoms with van der Waals surface area (Å²) in [6.45, 7) is 6.99. The standard InChI is InChI=1S/C19H22FNO2S/c1-3-23-12-14-8-9-21(11-14)19(22)18-10-17(13(2)24-18)15-4-6-16(20)7-5-15/h4-7,10,14H,3,8-9,11-12H2,1-2H3/t14-/m0/s1. The van der Waals surface area contributed by atoms with Crippen LogP contribution in [0.1, 0.15) is 27.9 Å². The monoisotopic (exact) mass is 347 g/mol. The molecule has 2 heterocycles. The highest BCUT2D eigenvalue weighted by Gasteiger charge is 2.28. The van der Waals surface area contributed by atoms with Crippen LogP contribution in [0.4, 0.5) is 4.39 Å². The lowest BCUT2D eigenvalue weighted by Gasteiger charge is -2.15. The van der Waals surface area contributed by atoms with E-state index in [4.69, 9.17) is 4.74 Å². The number of carbonyl (C=O) groups excluding carboxylic acids is 1. The van der Waals surface area contributed by atoms with Gasteiger partial charge < -0.3 is 9.64 Å². The number of hydrogen-bond acceptors (Lipinski definition) is 3. The Morgan fingerprint density at radius 1 is 1.38 bits per heavy atom. The molecule has 1 aromatic carbocycles. The van der Waals surface area contributed by atoms with Crippen molar-refractivity contribution in [2.24, 2.45) is 5.92 Å². The maximum atomic E-state index is 13.1. The van der Waals surface area contributed by atoms with Gasteiger partial charge in [0, 0.05) is 30.5 Å². The highest BCUT2D eigenvalue weighted by Crippen LogP contribution is 2.32. The normalized spacial score (nSPS) is 17.5. The summed E-state index contributed by atoms with van der Waals surface area (Å²) in [5.74, 6) is 0.280. The molecule has 1 amide bonds. The van der Waals surface area contributed by atoms with Crippen LogP contribution in [0.15, 0.2) is 30.3 Å². The maximum Gasteiger partial charge on any atom is 0.263 e. The summed E-state index contributed by atoms with van der Waals surface area (Å²) in [5.41, 5.74) is 1.95. The Morgan fingerprint density at radius 3 is 2.83 bits per heavy atom. The van der Waals surface area contributed by atoms with Crippen LogP contribution >= 0.6 is 11.3 Å². The second-order valence-electron chi connectivity index (χ2n) is 6.15. The minimum Gasteiger partial charge on any atom is -0.381 e. The van der Waals surface area contributed by atoms with Gasteiger partial charge >= 0.3 is 0 Å². The summed E-state index contributed by atoms with van der Waals surface area (Å²) >= 11 is 1.51. The van der Waals surface area contributed by atoms with Crippen molar-refractivity contribution >= 4 is 17.2 Å². The number of rotatable bonds is 5. The van der Waals surface area contributed by atoms with Crippen molar-refractivity contribution in [3.05, 3.63) is 45.9 Å². The van der Waals surface area contributed by atoms with Crippen LogP contribution in [0.25, 0.3) is 11.1 Å². The third-order valence-electron chi connectivity index (χ3n) is 4.41. The highest BCUT2D eigenvalue weighted by atomic mass is 32.1. The molecule has 1 aliphatic rings. The number of thiophene rings is 1. The van der Waals surface area contributed by atoms with Gasteiger partial charge in [0.15, 0.2) is 0 Å². The smallest absolute Gasteiger partial charge is 0.263 e. The van der Waals surface area contributed by atoms with Gasteiger partial charge in [0.2, 0.25) is 0 Å². The van der Waals surface area contributed by atoms with Crippen LogP contribution in [0, 0.1) is 18.7 Å². The van der Waals surface area contributed by atoms with Gasteiger partial charge in [-0.05, 0) is 49.6 Å². The van der Waals surface area contributed by atoms with E-state index in [0.29, 0.717) is 5.92 Å². The van der Waals surface area contributed by atoms with Gasteiger partial charge in [-0.2, -0.15) is 0 Å². The van der Waals surface area contributed by atoms with E-state index in [1.807, 2.05) is 24.8 Å². The lowest BCUT2D eigenvalue weighted by molar-refractivity contribution is 0.0767. The average molecular weight is 347 g/mol. The van der Waals surface area contributed by atoms with Crippen molar-refractivity contribution in [1.82, 2.24) is 4.90 Å². The molecule has 1 fully saturated rings. The first kappa shape index (κ1) is 17.1. The van der Waals surface area contributed by atoms with Crippen molar-refractivity contribution in [3.8, 4) is 11.1 Å². The molecular weight excluding hydrogens is 325 g/mol. The second-order valence-corrected chi connectivity index (χ2v) is 7.41. The van der Waals surface area contributed by atoms with E-state index in [9.17, 15) is 9.18 Å². The fourth-order valence-corrected chi connectivity index (χ4v) is 4.11. The molecule has 2 aromatic rings. The Balaban J connectivity index is 1.73. The summed E-state index contributed by atoms with van der Waals surface area (Å²) in [6, 6.07) is 8.35. The first-order valence-electron chi connectivity index (χ1n) is 8.32. The second kappa shape index (κ2) is 7.45. The van der Waals surface area contributed by atoms with E-state index in [2.05, 4.69) is 0 Å². The molecule has 128 valence electrons. The number of halogens is 1. The maximum absolute atomic E-state index is 13.1. The van der Waals surface area contributed by atoms with Crippen molar-refractivity contribution in [2.45, 2.75) is 20.3 Å². The van der Waals surface area contributed by atoms with E-state index in [1.54, 1.807) is 12.1 Å². The van der Waals surface area contributed by atoms with Gasteiger partial charge in [0.25, 0.3) is 5.91 Å². The van der Waals surface area contributed by atoms with Gasteiger partial charge in [-0.15, -0.1) is 11.3 Å². The molecule has 3 nitrogen and oxygen atoms in total. The van der Waals surface area contributed by atoms with E-state index >= 15 is 0 Å². The number of nitrogens with zero attached hydrogens (tertiary/aromatic N) is 1. The first-order valence-corrected chi connectivity index (χ1v) is 9.13. The predicted octanol–water partition coefficient (Wildman–Crippen LogP) is 4.36. The fourth-order valence-electron chi connectivity index (χ4n) is 3.10. The van der Waals surface area contributed by atoms with Crippen LogP contribution in [0.2, 0.25) is 0 Å². The quantitative estimate of drug-likeness (QED) is 0.804. The fraction of sp³-hybridized carbons (Fsp3) is 0.421. The Bertz CT molecular complexity index is 711. The molecular formula is C19H22FNO2S. The van der Waals surface area contributed by atoms with Crippen molar-refractivity contribution in [2.75, 3.05) is 26.3 Å². The van der Waals surface area contributed by atoms with Crippen LogP contribution in [-0.4, -0.2) is 37.1 Å². The van der Waals surface area contributed by atoms with Crippen molar-refractivity contribution in [1.29, 1.82) is 0 Å². The molecule has 1 saturated heterocycles. The first-order chi connectivity index (χ1) is 11.6. The summed E-state index contributed by atoms with van der Waals surface area (Å²) in [7, 11) is 0. The van der Waals surface area contributed by atoms with Gasteiger partial charge in [0.1, 0.15) is 5.82 Å². The minimum atomic E-state index is -0.250. The Labute approximate surface area is 146 Å². The minimum absolute atomic E-state index is 0.0930. The molecule has 3 rings (SSSR count). The van der Waals surface area contributed by atoms with Gasteiger partial charge in [-0.1, -0.05) is 12.1 Å². The summed E-state index contributed by atoms with van der Waals surface area (Å²) < 4.78 is 18.6. The SMILES string of the molecule is CCOC[C@H]1CCN(C(=O)c2cc(-c3ccc(F)cc3)c(C)s2)C1. The number of hydrogen-bond donors (Lipinski definition) is 0. The van der Waals surface area contributed by atoms with Crippen LogP contribution in [0.5, 0.6) is 0 Å². The molecule has 0 N–H and O–H groups in total. The molecule has 24 heavy (non-hydrogen) atoms. The topological polar surface area (TPSA) is 29.5 Å². The zero-order chi connectivity index (χ0) is 17.1. The predicted molar refractivity (Wildman–Crippen MR) is 95.0 cm³/mol. The molecule has 0 saturated carbocycles. The molecule has 5 heteroatoms. The number of benzene rings is 1. The third-order valence-corrected chi connectivity index (χ3v) is 5.45.